The molecule has 3 nitrogen and oxygen atoms in total. The van der Waals surface area contributed by atoms with Crippen LogP contribution in [0.3, 0.4) is 0 Å². The summed E-state index contributed by atoms with van der Waals surface area (Å²) in [6, 6.07) is 6.33. The molecule has 0 aliphatic rings. The SMILES string of the molecule is CCOc1ccc(C(C)N)cc1CN(C)C(C)(C)CC. The third-order valence-electron chi connectivity index (χ3n) is 4.22. The van der Waals surface area contributed by atoms with Gasteiger partial charge in [0.05, 0.1) is 6.61 Å². The van der Waals surface area contributed by atoms with Gasteiger partial charge in [0.1, 0.15) is 5.75 Å². The standard InChI is InChI=1S/C17H30N2O/c1-7-17(4,5)19(6)12-15-11-14(13(3)18)9-10-16(15)20-8-2/h9-11,13H,7-8,12,18H2,1-6H3. The van der Waals surface area contributed by atoms with E-state index in [1.54, 1.807) is 0 Å². The van der Waals surface area contributed by atoms with E-state index in [2.05, 4.69) is 44.9 Å². The first-order valence-corrected chi connectivity index (χ1v) is 7.54. The highest BCUT2D eigenvalue weighted by Gasteiger charge is 2.22. The molecule has 0 aromatic heterocycles. The van der Waals surface area contributed by atoms with Gasteiger partial charge < -0.3 is 10.5 Å². The first-order valence-electron chi connectivity index (χ1n) is 7.54. The van der Waals surface area contributed by atoms with Crippen molar-refractivity contribution in [1.29, 1.82) is 0 Å². The van der Waals surface area contributed by atoms with Gasteiger partial charge in [-0.2, -0.15) is 0 Å². The van der Waals surface area contributed by atoms with Crippen molar-refractivity contribution in [2.45, 2.75) is 59.2 Å². The van der Waals surface area contributed by atoms with Crippen LogP contribution in [-0.4, -0.2) is 24.1 Å². The average Bonchev–Trinajstić information content (AvgIpc) is 2.40. The second kappa shape index (κ2) is 7.09. The monoisotopic (exact) mass is 278 g/mol. The number of hydrogen-bond acceptors (Lipinski definition) is 3. The first kappa shape index (κ1) is 17.0. The lowest BCUT2D eigenvalue weighted by Crippen LogP contribution is -2.39. The number of benzene rings is 1. The molecule has 0 amide bonds. The Balaban J connectivity index is 3.03. The van der Waals surface area contributed by atoms with Crippen molar-refractivity contribution >= 4 is 0 Å². The number of hydrogen-bond donors (Lipinski definition) is 1. The van der Waals surface area contributed by atoms with Crippen LogP contribution in [0.25, 0.3) is 0 Å². The van der Waals surface area contributed by atoms with Gasteiger partial charge in [0, 0.05) is 23.7 Å². The van der Waals surface area contributed by atoms with Crippen molar-refractivity contribution < 1.29 is 4.74 Å². The van der Waals surface area contributed by atoms with Gasteiger partial charge in [-0.3, -0.25) is 4.90 Å². The Morgan fingerprint density at radius 3 is 2.45 bits per heavy atom. The lowest BCUT2D eigenvalue weighted by Gasteiger charge is -2.35. The highest BCUT2D eigenvalue weighted by molar-refractivity contribution is 5.38. The van der Waals surface area contributed by atoms with Crippen LogP contribution in [0, 0.1) is 0 Å². The van der Waals surface area contributed by atoms with Crippen LogP contribution in [0.4, 0.5) is 0 Å². The van der Waals surface area contributed by atoms with Crippen LogP contribution < -0.4 is 10.5 Å². The molecule has 3 heteroatoms. The molecule has 0 fully saturated rings. The van der Waals surface area contributed by atoms with E-state index in [4.69, 9.17) is 10.5 Å². The molecule has 0 saturated heterocycles. The summed E-state index contributed by atoms with van der Waals surface area (Å²) in [5.41, 5.74) is 8.54. The van der Waals surface area contributed by atoms with Crippen molar-refractivity contribution in [3.05, 3.63) is 29.3 Å². The summed E-state index contributed by atoms with van der Waals surface area (Å²) < 4.78 is 5.75. The molecule has 1 atom stereocenters. The summed E-state index contributed by atoms with van der Waals surface area (Å²) in [4.78, 5) is 2.37. The van der Waals surface area contributed by atoms with E-state index >= 15 is 0 Å². The summed E-state index contributed by atoms with van der Waals surface area (Å²) in [6.45, 7) is 12.3. The van der Waals surface area contributed by atoms with Crippen LogP contribution in [0.15, 0.2) is 18.2 Å². The molecule has 1 aromatic rings. The Bertz CT molecular complexity index is 427. The van der Waals surface area contributed by atoms with E-state index in [1.165, 1.54) is 5.56 Å². The second-order valence-corrected chi connectivity index (χ2v) is 6.11. The Kier molecular flexibility index (Phi) is 6.03. The van der Waals surface area contributed by atoms with E-state index in [1.807, 2.05) is 19.9 Å². The van der Waals surface area contributed by atoms with Crippen molar-refractivity contribution in [3.63, 3.8) is 0 Å². The van der Waals surface area contributed by atoms with Crippen LogP contribution in [0.2, 0.25) is 0 Å². The molecule has 20 heavy (non-hydrogen) atoms. The first-order chi connectivity index (χ1) is 9.31. The quantitative estimate of drug-likeness (QED) is 0.826. The predicted octanol–water partition coefficient (Wildman–Crippen LogP) is 3.73. The normalized spacial score (nSPS) is 13.6. The van der Waals surface area contributed by atoms with Crippen molar-refractivity contribution in [2.75, 3.05) is 13.7 Å². The van der Waals surface area contributed by atoms with Gasteiger partial charge in [0.2, 0.25) is 0 Å². The topological polar surface area (TPSA) is 38.5 Å². The Hall–Kier alpha value is -1.06. The number of nitrogens with zero attached hydrogens (tertiary/aromatic N) is 1. The summed E-state index contributed by atoms with van der Waals surface area (Å²) in [6.07, 6.45) is 1.11. The molecule has 2 N–H and O–H groups in total. The van der Waals surface area contributed by atoms with Crippen LogP contribution in [0.5, 0.6) is 5.75 Å². The molecule has 1 unspecified atom stereocenters. The summed E-state index contributed by atoms with van der Waals surface area (Å²) in [5.74, 6) is 0.968. The largest absolute Gasteiger partial charge is 0.494 e. The zero-order valence-electron chi connectivity index (χ0n) is 13.9. The fourth-order valence-corrected chi connectivity index (χ4v) is 2.04. The molecule has 1 rings (SSSR count). The highest BCUT2D eigenvalue weighted by atomic mass is 16.5. The molecular weight excluding hydrogens is 248 g/mol. The van der Waals surface area contributed by atoms with Crippen molar-refractivity contribution in [1.82, 2.24) is 4.90 Å². The number of rotatable bonds is 7. The third kappa shape index (κ3) is 4.22. The number of ether oxygens (including phenoxy) is 1. The van der Waals surface area contributed by atoms with Crippen LogP contribution in [-0.2, 0) is 6.54 Å². The van der Waals surface area contributed by atoms with Gasteiger partial charge in [0.25, 0.3) is 0 Å². The lowest BCUT2D eigenvalue weighted by atomic mass is 9.98. The van der Waals surface area contributed by atoms with E-state index in [0.717, 1.165) is 24.3 Å². The van der Waals surface area contributed by atoms with Crippen molar-refractivity contribution in [2.24, 2.45) is 5.73 Å². The lowest BCUT2D eigenvalue weighted by molar-refractivity contribution is 0.141. The molecular formula is C17H30N2O. The van der Waals surface area contributed by atoms with Crippen LogP contribution in [0.1, 0.15) is 58.2 Å². The minimum absolute atomic E-state index is 0.0499. The Morgan fingerprint density at radius 1 is 1.30 bits per heavy atom. The van der Waals surface area contributed by atoms with Gasteiger partial charge in [-0.25, -0.2) is 0 Å². The van der Waals surface area contributed by atoms with Gasteiger partial charge in [0.15, 0.2) is 0 Å². The van der Waals surface area contributed by atoms with Crippen molar-refractivity contribution in [3.8, 4) is 5.75 Å². The van der Waals surface area contributed by atoms with E-state index in [-0.39, 0.29) is 11.6 Å². The number of nitrogens with two attached hydrogens (primary N) is 1. The van der Waals surface area contributed by atoms with Gasteiger partial charge >= 0.3 is 0 Å². The highest BCUT2D eigenvalue weighted by Crippen LogP contribution is 2.27. The van der Waals surface area contributed by atoms with E-state index in [0.29, 0.717) is 6.61 Å². The van der Waals surface area contributed by atoms with Gasteiger partial charge in [-0.05, 0) is 58.9 Å². The maximum atomic E-state index is 5.99. The molecule has 0 saturated carbocycles. The fraction of sp³-hybridized carbons (Fsp3) is 0.647. The molecule has 1 aromatic carbocycles. The minimum atomic E-state index is 0.0499. The Labute approximate surface area is 124 Å². The molecule has 0 radical (unpaired) electrons. The zero-order chi connectivity index (χ0) is 15.3. The molecule has 0 heterocycles. The molecule has 0 aliphatic carbocycles. The third-order valence-corrected chi connectivity index (χ3v) is 4.22. The predicted molar refractivity (Wildman–Crippen MR) is 86.1 cm³/mol. The summed E-state index contributed by atoms with van der Waals surface area (Å²) in [5, 5.41) is 0. The van der Waals surface area contributed by atoms with Gasteiger partial charge in [-0.1, -0.05) is 13.0 Å². The maximum absolute atomic E-state index is 5.99. The molecule has 0 bridgehead atoms. The minimum Gasteiger partial charge on any atom is -0.494 e. The molecule has 0 aliphatic heterocycles. The molecule has 0 spiro atoms. The Morgan fingerprint density at radius 2 is 1.95 bits per heavy atom. The van der Waals surface area contributed by atoms with Crippen LogP contribution >= 0.6 is 0 Å². The second-order valence-electron chi connectivity index (χ2n) is 6.11. The average molecular weight is 278 g/mol. The molecule has 114 valence electrons. The fourth-order valence-electron chi connectivity index (χ4n) is 2.04. The van der Waals surface area contributed by atoms with Gasteiger partial charge in [-0.15, -0.1) is 0 Å². The zero-order valence-corrected chi connectivity index (χ0v) is 13.9. The summed E-state index contributed by atoms with van der Waals surface area (Å²) in [7, 11) is 2.16. The maximum Gasteiger partial charge on any atom is 0.123 e. The summed E-state index contributed by atoms with van der Waals surface area (Å²) >= 11 is 0. The smallest absolute Gasteiger partial charge is 0.123 e. The van der Waals surface area contributed by atoms with E-state index in [9.17, 15) is 0 Å². The van der Waals surface area contributed by atoms with E-state index < -0.39 is 0 Å².